The van der Waals surface area contributed by atoms with Gasteiger partial charge in [-0.15, -0.1) is 0 Å². The molecule has 4 saturated carbocycles. The quantitative estimate of drug-likeness (QED) is 0.655. The molecule has 0 spiro atoms. The number of hydrogen-bond acceptors (Lipinski definition) is 5. The fraction of sp³-hybridized carbons (Fsp3) is 0.857. The number of ether oxygens (including phenoxy) is 2. The van der Waals surface area contributed by atoms with Gasteiger partial charge in [-0.05, 0) is 106 Å². The Morgan fingerprint density at radius 2 is 1.97 bits per heavy atom. The number of nitriles is 1. The van der Waals surface area contributed by atoms with Crippen LogP contribution in [0.4, 0.5) is 0 Å². The first kappa shape index (κ1) is 24.3. The Morgan fingerprint density at radius 1 is 1.18 bits per heavy atom. The summed E-state index contributed by atoms with van der Waals surface area (Å²) in [6.07, 6.45) is 12.9. The SMILES string of the molecule is COC[C@@]1(O)CC[C@H]2[C@H](CC[C@@H]3[C@@H]2C[C@@H](C)[C@H]2[C@H]3CC[C@@H]2[C@@](C)(Cn2cc(C#N)cn2)OC)C1. The predicted octanol–water partition coefficient (Wildman–Crippen LogP) is 4.66. The Morgan fingerprint density at radius 3 is 2.68 bits per heavy atom. The molecule has 0 unspecified atom stereocenters. The van der Waals surface area contributed by atoms with Crippen molar-refractivity contribution >= 4 is 0 Å². The normalized spacial score (nSPS) is 43.3. The second-order valence-corrected chi connectivity index (χ2v) is 12.4. The molecule has 10 atom stereocenters. The van der Waals surface area contributed by atoms with E-state index in [1.807, 2.05) is 18.0 Å². The minimum absolute atomic E-state index is 0.280. The predicted molar refractivity (Wildman–Crippen MR) is 130 cm³/mol. The van der Waals surface area contributed by atoms with Crippen LogP contribution in [0.25, 0.3) is 0 Å². The first-order valence-electron chi connectivity index (χ1n) is 13.5. The van der Waals surface area contributed by atoms with Crippen LogP contribution in [0.1, 0.15) is 70.8 Å². The fourth-order valence-electron chi connectivity index (χ4n) is 9.35. The van der Waals surface area contributed by atoms with Crippen LogP contribution >= 0.6 is 0 Å². The summed E-state index contributed by atoms with van der Waals surface area (Å²) in [6, 6.07) is 2.19. The first-order chi connectivity index (χ1) is 16.3. The van der Waals surface area contributed by atoms with Gasteiger partial charge >= 0.3 is 0 Å². The molecule has 0 aromatic carbocycles. The Labute approximate surface area is 205 Å². The molecule has 6 heteroatoms. The minimum atomic E-state index is -0.609. The molecular weight excluding hydrogens is 426 g/mol. The van der Waals surface area contributed by atoms with Gasteiger partial charge in [0.25, 0.3) is 0 Å². The Bertz CT molecular complexity index is 911. The Kier molecular flexibility index (Phi) is 6.59. The summed E-state index contributed by atoms with van der Waals surface area (Å²) in [5.74, 6) is 5.79. The molecule has 4 fully saturated rings. The molecule has 1 aromatic rings. The third-order valence-electron chi connectivity index (χ3n) is 10.7. The van der Waals surface area contributed by atoms with E-state index < -0.39 is 5.60 Å². The van der Waals surface area contributed by atoms with Crippen LogP contribution in [0.3, 0.4) is 0 Å². The van der Waals surface area contributed by atoms with Gasteiger partial charge in [-0.25, -0.2) is 0 Å². The summed E-state index contributed by atoms with van der Waals surface area (Å²) in [6.45, 7) is 5.94. The average molecular weight is 470 g/mol. The molecule has 1 N–H and O–H groups in total. The van der Waals surface area contributed by atoms with E-state index in [9.17, 15) is 10.4 Å². The topological polar surface area (TPSA) is 80.3 Å². The van der Waals surface area contributed by atoms with Gasteiger partial charge in [0.05, 0.1) is 36.1 Å². The van der Waals surface area contributed by atoms with Crippen LogP contribution in [0, 0.1) is 58.7 Å². The van der Waals surface area contributed by atoms with E-state index in [0.717, 1.165) is 42.9 Å². The van der Waals surface area contributed by atoms with E-state index >= 15 is 0 Å². The van der Waals surface area contributed by atoms with Crippen LogP contribution in [0.2, 0.25) is 0 Å². The van der Waals surface area contributed by atoms with Gasteiger partial charge < -0.3 is 14.6 Å². The number of fused-ring (bicyclic) bond motifs is 5. The zero-order valence-electron chi connectivity index (χ0n) is 21.4. The maximum atomic E-state index is 11.0. The highest BCUT2D eigenvalue weighted by Crippen LogP contribution is 2.62. The Hall–Kier alpha value is -1.42. The van der Waals surface area contributed by atoms with Crippen molar-refractivity contribution < 1.29 is 14.6 Å². The number of nitrogens with zero attached hydrogens (tertiary/aromatic N) is 3. The molecule has 188 valence electrons. The largest absolute Gasteiger partial charge is 0.387 e. The van der Waals surface area contributed by atoms with E-state index in [2.05, 4.69) is 25.0 Å². The van der Waals surface area contributed by atoms with Crippen LogP contribution in [-0.2, 0) is 16.0 Å². The van der Waals surface area contributed by atoms with Crippen molar-refractivity contribution in [1.82, 2.24) is 9.78 Å². The molecule has 0 aliphatic heterocycles. The summed E-state index contributed by atoms with van der Waals surface area (Å²) in [5.41, 5.74) is -0.279. The molecule has 1 heterocycles. The molecule has 0 bridgehead atoms. The van der Waals surface area contributed by atoms with Crippen LogP contribution < -0.4 is 0 Å². The monoisotopic (exact) mass is 469 g/mol. The molecule has 0 radical (unpaired) electrons. The number of aromatic nitrogens is 2. The lowest BCUT2D eigenvalue weighted by atomic mass is 9.50. The summed E-state index contributed by atoms with van der Waals surface area (Å²) in [7, 11) is 3.57. The van der Waals surface area contributed by atoms with Crippen molar-refractivity contribution in [2.24, 2.45) is 47.3 Å². The zero-order chi connectivity index (χ0) is 24.1. The van der Waals surface area contributed by atoms with Gasteiger partial charge in [-0.3, -0.25) is 4.68 Å². The van der Waals surface area contributed by atoms with Crippen molar-refractivity contribution in [3.05, 3.63) is 18.0 Å². The third kappa shape index (κ3) is 4.12. The standard InChI is InChI=1S/C28H43N3O3/c1-18-11-24-21-9-10-28(32,17-33-3)12-20(21)5-6-22(24)23-7-8-25(26(18)23)27(2,34-4)16-31-15-19(13-29)14-30-31/h14-15,18,20-26,32H,5-12,16-17H2,1-4H3/t18-,20-,21+,22+,23+,24-,25+,26+,27-,28-/m1/s1. The van der Waals surface area contributed by atoms with E-state index in [4.69, 9.17) is 9.47 Å². The highest BCUT2D eigenvalue weighted by molar-refractivity contribution is 5.21. The van der Waals surface area contributed by atoms with Crippen molar-refractivity contribution in [2.75, 3.05) is 20.8 Å². The molecule has 4 aliphatic rings. The van der Waals surface area contributed by atoms with Crippen molar-refractivity contribution in [1.29, 1.82) is 5.26 Å². The van der Waals surface area contributed by atoms with Crippen molar-refractivity contribution in [2.45, 2.75) is 83.0 Å². The second kappa shape index (κ2) is 9.22. The molecule has 34 heavy (non-hydrogen) atoms. The summed E-state index contributed by atoms with van der Waals surface area (Å²) in [4.78, 5) is 0. The summed E-state index contributed by atoms with van der Waals surface area (Å²) < 4.78 is 13.5. The maximum absolute atomic E-state index is 11.0. The number of aliphatic hydroxyl groups is 1. The molecule has 5 rings (SSSR count). The first-order valence-corrected chi connectivity index (χ1v) is 13.5. The molecule has 0 amide bonds. The number of methoxy groups -OCH3 is 2. The van der Waals surface area contributed by atoms with Crippen LogP contribution in [0.15, 0.2) is 12.4 Å². The molecule has 6 nitrogen and oxygen atoms in total. The minimum Gasteiger partial charge on any atom is -0.387 e. The van der Waals surface area contributed by atoms with Crippen molar-refractivity contribution in [3.63, 3.8) is 0 Å². The molecule has 4 aliphatic carbocycles. The van der Waals surface area contributed by atoms with E-state index in [1.165, 1.54) is 32.1 Å². The molecule has 1 aromatic heterocycles. The highest BCUT2D eigenvalue weighted by atomic mass is 16.5. The van der Waals surface area contributed by atoms with Crippen LogP contribution in [-0.4, -0.2) is 46.9 Å². The smallest absolute Gasteiger partial charge is 0.102 e. The fourth-order valence-corrected chi connectivity index (χ4v) is 9.35. The number of rotatable bonds is 6. The van der Waals surface area contributed by atoms with Crippen molar-refractivity contribution in [3.8, 4) is 6.07 Å². The zero-order valence-corrected chi connectivity index (χ0v) is 21.4. The van der Waals surface area contributed by atoms with Gasteiger partial charge in [0.15, 0.2) is 0 Å². The molecular formula is C28H43N3O3. The number of hydrogen-bond donors (Lipinski definition) is 1. The van der Waals surface area contributed by atoms with Gasteiger partial charge in [0, 0.05) is 20.4 Å². The van der Waals surface area contributed by atoms with E-state index in [1.54, 1.807) is 13.3 Å². The van der Waals surface area contributed by atoms with Gasteiger partial charge in [-0.2, -0.15) is 10.4 Å². The van der Waals surface area contributed by atoms with E-state index in [-0.39, 0.29) is 5.60 Å². The maximum Gasteiger partial charge on any atom is 0.102 e. The van der Waals surface area contributed by atoms with E-state index in [0.29, 0.717) is 42.4 Å². The molecule has 0 saturated heterocycles. The highest BCUT2D eigenvalue weighted by Gasteiger charge is 2.58. The third-order valence-corrected chi connectivity index (χ3v) is 10.7. The second-order valence-electron chi connectivity index (χ2n) is 12.4. The Balaban J connectivity index is 1.32. The van der Waals surface area contributed by atoms with Gasteiger partial charge in [0.2, 0.25) is 0 Å². The summed E-state index contributed by atoms with van der Waals surface area (Å²) in [5, 5.41) is 24.7. The lowest BCUT2D eigenvalue weighted by molar-refractivity contribution is -0.132. The van der Waals surface area contributed by atoms with Gasteiger partial charge in [0.1, 0.15) is 6.07 Å². The lowest BCUT2D eigenvalue weighted by Gasteiger charge is -2.56. The summed E-state index contributed by atoms with van der Waals surface area (Å²) >= 11 is 0. The lowest BCUT2D eigenvalue weighted by Crippen LogP contribution is -2.53. The average Bonchev–Trinajstić information content (AvgIpc) is 3.46. The van der Waals surface area contributed by atoms with Crippen LogP contribution in [0.5, 0.6) is 0 Å². The van der Waals surface area contributed by atoms with Gasteiger partial charge in [-0.1, -0.05) is 6.92 Å².